The van der Waals surface area contributed by atoms with Crippen molar-refractivity contribution in [1.29, 1.82) is 5.26 Å². The van der Waals surface area contributed by atoms with Crippen LogP contribution in [0.4, 0.5) is 5.69 Å². The van der Waals surface area contributed by atoms with Crippen LogP contribution in [-0.4, -0.2) is 6.61 Å². The van der Waals surface area contributed by atoms with E-state index in [1.54, 1.807) is 0 Å². The molecule has 0 saturated heterocycles. The number of nitrogens with one attached hydrogen (secondary N) is 1. The third kappa shape index (κ3) is 4.40. The first-order chi connectivity index (χ1) is 10.2. The van der Waals surface area contributed by atoms with Crippen LogP contribution in [0.15, 0.2) is 42.5 Å². The molecule has 108 valence electrons. The number of hydrogen-bond donors (Lipinski definition) is 1. The van der Waals surface area contributed by atoms with Gasteiger partial charge in [0.2, 0.25) is 0 Å². The molecule has 0 radical (unpaired) electrons. The molecule has 0 heterocycles. The second kappa shape index (κ2) is 7.56. The molecular formula is C17H17ClN2O. The number of hydrogen-bond acceptors (Lipinski definition) is 3. The summed E-state index contributed by atoms with van der Waals surface area (Å²) in [7, 11) is 0. The van der Waals surface area contributed by atoms with Crippen LogP contribution in [0.3, 0.4) is 0 Å². The predicted molar refractivity (Wildman–Crippen MR) is 85.7 cm³/mol. The molecule has 0 fully saturated rings. The summed E-state index contributed by atoms with van der Waals surface area (Å²) in [6.07, 6.45) is 0.956. The standard InChI is InChI=1S/C17H17ClN2O/c1-2-9-21-17-8-7-15(18)10-16(17)20-12-14-5-3-13(11-19)4-6-14/h3-8,10,20H,2,9,12H2,1H3. The van der Waals surface area contributed by atoms with Gasteiger partial charge in [0, 0.05) is 11.6 Å². The van der Waals surface area contributed by atoms with E-state index in [0.717, 1.165) is 23.4 Å². The zero-order valence-corrected chi connectivity index (χ0v) is 12.7. The van der Waals surface area contributed by atoms with Gasteiger partial charge in [-0.2, -0.15) is 5.26 Å². The van der Waals surface area contributed by atoms with Crippen LogP contribution >= 0.6 is 11.6 Å². The molecule has 0 saturated carbocycles. The molecule has 0 spiro atoms. The molecule has 0 aliphatic carbocycles. The lowest BCUT2D eigenvalue weighted by molar-refractivity contribution is 0.319. The summed E-state index contributed by atoms with van der Waals surface area (Å²) in [5.74, 6) is 0.801. The lowest BCUT2D eigenvalue weighted by Gasteiger charge is -2.13. The molecule has 0 bridgehead atoms. The van der Waals surface area contributed by atoms with Crippen LogP contribution in [-0.2, 0) is 6.54 Å². The first-order valence-electron chi connectivity index (χ1n) is 6.88. The maximum atomic E-state index is 8.79. The zero-order valence-electron chi connectivity index (χ0n) is 11.9. The summed E-state index contributed by atoms with van der Waals surface area (Å²) in [6.45, 7) is 3.39. The van der Waals surface area contributed by atoms with Gasteiger partial charge < -0.3 is 10.1 Å². The van der Waals surface area contributed by atoms with Crippen molar-refractivity contribution in [2.45, 2.75) is 19.9 Å². The van der Waals surface area contributed by atoms with E-state index >= 15 is 0 Å². The van der Waals surface area contributed by atoms with Crippen molar-refractivity contribution >= 4 is 17.3 Å². The van der Waals surface area contributed by atoms with Crippen molar-refractivity contribution in [2.24, 2.45) is 0 Å². The number of rotatable bonds is 6. The lowest BCUT2D eigenvalue weighted by atomic mass is 10.1. The summed E-state index contributed by atoms with van der Waals surface area (Å²) < 4.78 is 5.70. The van der Waals surface area contributed by atoms with Crippen molar-refractivity contribution in [1.82, 2.24) is 0 Å². The van der Waals surface area contributed by atoms with Crippen LogP contribution in [0.1, 0.15) is 24.5 Å². The number of nitriles is 1. The Morgan fingerprint density at radius 1 is 1.19 bits per heavy atom. The number of benzene rings is 2. The van der Waals surface area contributed by atoms with Crippen molar-refractivity contribution in [3.8, 4) is 11.8 Å². The minimum Gasteiger partial charge on any atom is -0.491 e. The van der Waals surface area contributed by atoms with E-state index in [9.17, 15) is 0 Å². The highest BCUT2D eigenvalue weighted by Gasteiger charge is 2.05. The van der Waals surface area contributed by atoms with Crippen molar-refractivity contribution < 1.29 is 4.74 Å². The van der Waals surface area contributed by atoms with Crippen LogP contribution in [0.5, 0.6) is 5.75 Å². The Kier molecular flexibility index (Phi) is 5.48. The Balaban J connectivity index is 2.07. The van der Waals surface area contributed by atoms with E-state index in [2.05, 4.69) is 18.3 Å². The smallest absolute Gasteiger partial charge is 0.142 e. The van der Waals surface area contributed by atoms with E-state index in [-0.39, 0.29) is 0 Å². The highest BCUT2D eigenvalue weighted by molar-refractivity contribution is 6.30. The van der Waals surface area contributed by atoms with Gasteiger partial charge in [0.05, 0.1) is 23.9 Å². The van der Waals surface area contributed by atoms with Crippen LogP contribution in [0, 0.1) is 11.3 Å². The highest BCUT2D eigenvalue weighted by atomic mass is 35.5. The minimum absolute atomic E-state index is 0.647. The average Bonchev–Trinajstić information content (AvgIpc) is 2.52. The fourth-order valence-electron chi connectivity index (χ4n) is 1.87. The molecule has 0 amide bonds. The van der Waals surface area contributed by atoms with E-state index in [1.807, 2.05) is 42.5 Å². The number of nitrogens with zero attached hydrogens (tertiary/aromatic N) is 1. The van der Waals surface area contributed by atoms with Gasteiger partial charge in [-0.3, -0.25) is 0 Å². The Labute approximate surface area is 130 Å². The zero-order chi connectivity index (χ0) is 15.1. The molecule has 0 unspecified atom stereocenters. The molecule has 0 aromatic heterocycles. The molecule has 1 N–H and O–H groups in total. The van der Waals surface area contributed by atoms with Crippen molar-refractivity contribution in [3.05, 3.63) is 58.6 Å². The maximum Gasteiger partial charge on any atom is 0.142 e. The van der Waals surface area contributed by atoms with E-state index in [0.29, 0.717) is 23.7 Å². The fourth-order valence-corrected chi connectivity index (χ4v) is 2.04. The topological polar surface area (TPSA) is 45.0 Å². The third-order valence-corrected chi connectivity index (χ3v) is 3.20. The van der Waals surface area contributed by atoms with Crippen molar-refractivity contribution in [2.75, 3.05) is 11.9 Å². The molecule has 2 aromatic carbocycles. The van der Waals surface area contributed by atoms with Gasteiger partial charge >= 0.3 is 0 Å². The van der Waals surface area contributed by atoms with Gasteiger partial charge in [0.25, 0.3) is 0 Å². The van der Waals surface area contributed by atoms with Gasteiger partial charge in [-0.1, -0.05) is 30.7 Å². The number of ether oxygens (including phenoxy) is 1. The molecule has 21 heavy (non-hydrogen) atoms. The van der Waals surface area contributed by atoms with Gasteiger partial charge in [0.1, 0.15) is 5.75 Å². The second-order valence-electron chi connectivity index (χ2n) is 4.65. The summed E-state index contributed by atoms with van der Waals surface area (Å²) in [5.41, 5.74) is 2.63. The van der Waals surface area contributed by atoms with Crippen LogP contribution in [0.2, 0.25) is 5.02 Å². The van der Waals surface area contributed by atoms with Crippen molar-refractivity contribution in [3.63, 3.8) is 0 Å². The first-order valence-corrected chi connectivity index (χ1v) is 7.26. The molecular weight excluding hydrogens is 284 g/mol. The first kappa shape index (κ1) is 15.2. The lowest BCUT2D eigenvalue weighted by Crippen LogP contribution is -2.03. The Morgan fingerprint density at radius 2 is 1.95 bits per heavy atom. The van der Waals surface area contributed by atoms with Crippen LogP contribution < -0.4 is 10.1 Å². The van der Waals surface area contributed by atoms with E-state index in [4.69, 9.17) is 21.6 Å². The maximum absolute atomic E-state index is 8.79. The van der Waals surface area contributed by atoms with Crippen LogP contribution in [0.25, 0.3) is 0 Å². The normalized spacial score (nSPS) is 9.95. The molecule has 4 heteroatoms. The van der Waals surface area contributed by atoms with E-state index in [1.165, 1.54) is 0 Å². The number of halogens is 1. The fraction of sp³-hybridized carbons (Fsp3) is 0.235. The largest absolute Gasteiger partial charge is 0.491 e. The molecule has 2 aromatic rings. The number of anilines is 1. The Hall–Kier alpha value is -2.18. The van der Waals surface area contributed by atoms with Gasteiger partial charge in [-0.05, 0) is 42.3 Å². The average molecular weight is 301 g/mol. The minimum atomic E-state index is 0.647. The molecule has 2 rings (SSSR count). The van der Waals surface area contributed by atoms with Gasteiger partial charge in [-0.15, -0.1) is 0 Å². The monoisotopic (exact) mass is 300 g/mol. The summed E-state index contributed by atoms with van der Waals surface area (Å²) in [5, 5.41) is 12.8. The van der Waals surface area contributed by atoms with E-state index < -0.39 is 0 Å². The predicted octanol–water partition coefficient (Wildman–Crippen LogP) is 4.61. The Bertz CT molecular complexity index is 632. The summed E-state index contributed by atoms with van der Waals surface area (Å²) in [4.78, 5) is 0. The molecule has 0 aliphatic heterocycles. The van der Waals surface area contributed by atoms with Gasteiger partial charge in [0.15, 0.2) is 0 Å². The summed E-state index contributed by atoms with van der Waals surface area (Å²) >= 11 is 6.04. The SMILES string of the molecule is CCCOc1ccc(Cl)cc1NCc1ccc(C#N)cc1. The molecule has 3 nitrogen and oxygen atoms in total. The molecule has 0 aliphatic rings. The highest BCUT2D eigenvalue weighted by Crippen LogP contribution is 2.28. The summed E-state index contributed by atoms with van der Waals surface area (Å²) in [6, 6.07) is 15.1. The Morgan fingerprint density at radius 3 is 2.62 bits per heavy atom. The quantitative estimate of drug-likeness (QED) is 0.847. The third-order valence-electron chi connectivity index (χ3n) is 2.97. The van der Waals surface area contributed by atoms with Gasteiger partial charge in [-0.25, -0.2) is 0 Å². The second-order valence-corrected chi connectivity index (χ2v) is 5.09. The molecule has 0 atom stereocenters.